The Labute approximate surface area is 134 Å². The minimum atomic E-state index is -0.809. The van der Waals surface area contributed by atoms with Gasteiger partial charge in [0, 0.05) is 19.5 Å². The van der Waals surface area contributed by atoms with Crippen LogP contribution in [0.25, 0.3) is 6.08 Å². The number of rotatable bonds is 5. The molecule has 0 saturated carbocycles. The van der Waals surface area contributed by atoms with Gasteiger partial charge in [-0.3, -0.25) is 9.69 Å². The monoisotopic (exact) mass is 313 g/mol. The van der Waals surface area contributed by atoms with Gasteiger partial charge in [0.05, 0.1) is 24.8 Å². The second-order valence-corrected chi connectivity index (χ2v) is 5.49. The van der Waals surface area contributed by atoms with E-state index in [2.05, 4.69) is 9.97 Å². The van der Waals surface area contributed by atoms with E-state index in [1.54, 1.807) is 13.4 Å². The first kappa shape index (κ1) is 15.3. The fraction of sp³-hybridized carbons (Fsp3) is 0.294. The number of fused-ring (bicyclic) bond motifs is 1. The molecule has 2 heterocycles. The third-order valence-corrected chi connectivity index (χ3v) is 4.05. The summed E-state index contributed by atoms with van der Waals surface area (Å²) in [6.45, 7) is 1.14. The molecule has 2 N–H and O–H groups in total. The largest absolute Gasteiger partial charge is 0.497 e. The molecule has 1 aliphatic rings. The molecule has 3 rings (SSSR count). The number of nitrogens with one attached hydrogen (secondary N) is 1. The Bertz CT molecular complexity index is 706. The quantitative estimate of drug-likeness (QED) is 0.882. The van der Waals surface area contributed by atoms with Crippen molar-refractivity contribution in [3.8, 4) is 5.75 Å². The number of nitrogens with zero attached hydrogens (tertiary/aromatic N) is 2. The number of imidazole rings is 1. The highest BCUT2D eigenvalue weighted by molar-refractivity contribution is 5.74. The zero-order valence-corrected chi connectivity index (χ0v) is 12.9. The van der Waals surface area contributed by atoms with Crippen molar-refractivity contribution < 1.29 is 14.6 Å². The number of aliphatic carboxylic acids is 1. The lowest BCUT2D eigenvalue weighted by Crippen LogP contribution is -2.45. The number of H-pyrrole nitrogens is 1. The number of methoxy groups -OCH3 is 1. The topological polar surface area (TPSA) is 78.5 Å². The normalized spacial score (nSPS) is 18.0. The minimum absolute atomic E-state index is 0.435. The molecule has 6 nitrogen and oxygen atoms in total. The van der Waals surface area contributed by atoms with Crippen molar-refractivity contribution in [3.05, 3.63) is 53.6 Å². The SMILES string of the molecule is COc1ccc(C=CCN2Cc3[nH]cnc3CC2C(=O)O)cc1. The Morgan fingerprint density at radius 3 is 2.96 bits per heavy atom. The van der Waals surface area contributed by atoms with Crippen molar-refractivity contribution in [2.75, 3.05) is 13.7 Å². The first-order valence-corrected chi connectivity index (χ1v) is 7.46. The molecule has 0 saturated heterocycles. The number of carboxylic acids is 1. The Morgan fingerprint density at radius 2 is 2.26 bits per heavy atom. The number of aromatic amines is 1. The Kier molecular flexibility index (Phi) is 4.43. The molecule has 1 aromatic heterocycles. The summed E-state index contributed by atoms with van der Waals surface area (Å²) in [4.78, 5) is 20.7. The average molecular weight is 313 g/mol. The van der Waals surface area contributed by atoms with E-state index in [1.165, 1.54) is 0 Å². The molecule has 2 aromatic rings. The molecule has 0 radical (unpaired) electrons. The molecule has 1 atom stereocenters. The lowest BCUT2D eigenvalue weighted by Gasteiger charge is -2.31. The predicted octanol–water partition coefficient (Wildman–Crippen LogP) is 1.94. The van der Waals surface area contributed by atoms with E-state index in [4.69, 9.17) is 4.74 Å². The van der Waals surface area contributed by atoms with E-state index in [9.17, 15) is 9.90 Å². The highest BCUT2D eigenvalue weighted by atomic mass is 16.5. The Morgan fingerprint density at radius 1 is 1.48 bits per heavy atom. The molecule has 120 valence electrons. The zero-order valence-electron chi connectivity index (χ0n) is 12.9. The number of ether oxygens (including phenoxy) is 1. The van der Waals surface area contributed by atoms with Gasteiger partial charge in [-0.05, 0) is 17.7 Å². The second kappa shape index (κ2) is 6.66. The van der Waals surface area contributed by atoms with E-state index in [1.807, 2.05) is 41.3 Å². The van der Waals surface area contributed by atoms with Crippen molar-refractivity contribution >= 4 is 12.0 Å². The summed E-state index contributed by atoms with van der Waals surface area (Å²) in [7, 11) is 1.64. The molecule has 1 aromatic carbocycles. The van der Waals surface area contributed by atoms with E-state index >= 15 is 0 Å². The summed E-state index contributed by atoms with van der Waals surface area (Å²) >= 11 is 0. The van der Waals surface area contributed by atoms with E-state index in [0.29, 0.717) is 19.5 Å². The van der Waals surface area contributed by atoms with Crippen LogP contribution in [0.2, 0.25) is 0 Å². The van der Waals surface area contributed by atoms with Crippen LogP contribution in [0.1, 0.15) is 17.0 Å². The maximum atomic E-state index is 11.5. The van der Waals surface area contributed by atoms with Crippen LogP contribution in [-0.4, -0.2) is 45.6 Å². The van der Waals surface area contributed by atoms with Crippen LogP contribution in [0.15, 0.2) is 36.7 Å². The zero-order chi connectivity index (χ0) is 16.2. The molecule has 0 amide bonds. The molecular weight excluding hydrogens is 294 g/mol. The van der Waals surface area contributed by atoms with Gasteiger partial charge in [0.2, 0.25) is 0 Å². The van der Waals surface area contributed by atoms with Gasteiger partial charge in [0.15, 0.2) is 0 Å². The van der Waals surface area contributed by atoms with Crippen LogP contribution in [-0.2, 0) is 17.8 Å². The van der Waals surface area contributed by atoms with Crippen LogP contribution in [0.4, 0.5) is 0 Å². The smallest absolute Gasteiger partial charge is 0.321 e. The number of aromatic nitrogens is 2. The lowest BCUT2D eigenvalue weighted by molar-refractivity contribution is -0.143. The van der Waals surface area contributed by atoms with E-state index in [0.717, 1.165) is 22.7 Å². The standard InChI is InChI=1S/C17H19N3O3/c1-23-13-6-4-12(5-7-13)3-2-8-20-10-15-14(18-11-19-15)9-16(20)17(21)22/h2-7,11,16H,8-10H2,1H3,(H,18,19)(H,21,22). The lowest BCUT2D eigenvalue weighted by atomic mass is 10.0. The average Bonchev–Trinajstić information content (AvgIpc) is 3.02. The molecular formula is C17H19N3O3. The van der Waals surface area contributed by atoms with Crippen LogP contribution < -0.4 is 4.74 Å². The number of carbonyl (C=O) groups is 1. The molecule has 0 aliphatic carbocycles. The molecule has 0 spiro atoms. The van der Waals surface area contributed by atoms with Crippen LogP contribution in [0.3, 0.4) is 0 Å². The molecule has 23 heavy (non-hydrogen) atoms. The molecule has 1 unspecified atom stereocenters. The number of benzene rings is 1. The third kappa shape index (κ3) is 3.43. The Hall–Kier alpha value is -2.60. The van der Waals surface area contributed by atoms with Crippen LogP contribution in [0, 0.1) is 0 Å². The molecule has 0 fully saturated rings. The maximum Gasteiger partial charge on any atom is 0.321 e. The van der Waals surface area contributed by atoms with E-state index < -0.39 is 12.0 Å². The van der Waals surface area contributed by atoms with Gasteiger partial charge in [0.1, 0.15) is 11.8 Å². The van der Waals surface area contributed by atoms with Gasteiger partial charge in [-0.25, -0.2) is 4.98 Å². The maximum absolute atomic E-state index is 11.5. The summed E-state index contributed by atoms with van der Waals surface area (Å²) in [5.41, 5.74) is 2.91. The van der Waals surface area contributed by atoms with Crippen molar-refractivity contribution in [3.63, 3.8) is 0 Å². The predicted molar refractivity (Wildman–Crippen MR) is 86.2 cm³/mol. The second-order valence-electron chi connectivity index (χ2n) is 5.49. The van der Waals surface area contributed by atoms with Gasteiger partial charge >= 0.3 is 5.97 Å². The highest BCUT2D eigenvalue weighted by Gasteiger charge is 2.31. The molecule has 0 bridgehead atoms. The summed E-state index contributed by atoms with van der Waals surface area (Å²) in [5.74, 6) is 0.00685. The first-order valence-electron chi connectivity index (χ1n) is 7.46. The van der Waals surface area contributed by atoms with Crippen molar-refractivity contribution in [2.24, 2.45) is 0 Å². The fourth-order valence-electron chi connectivity index (χ4n) is 2.76. The van der Waals surface area contributed by atoms with Gasteiger partial charge < -0.3 is 14.8 Å². The van der Waals surface area contributed by atoms with Gasteiger partial charge in [-0.2, -0.15) is 0 Å². The summed E-state index contributed by atoms with van der Waals surface area (Å²) in [6, 6.07) is 7.20. The molecule has 6 heteroatoms. The highest BCUT2D eigenvalue weighted by Crippen LogP contribution is 2.21. The van der Waals surface area contributed by atoms with Crippen LogP contribution in [0.5, 0.6) is 5.75 Å². The molecule has 1 aliphatic heterocycles. The number of hydrogen-bond acceptors (Lipinski definition) is 4. The third-order valence-electron chi connectivity index (χ3n) is 4.05. The van der Waals surface area contributed by atoms with Gasteiger partial charge in [0.25, 0.3) is 0 Å². The minimum Gasteiger partial charge on any atom is -0.497 e. The summed E-state index contributed by atoms with van der Waals surface area (Å²) in [5, 5.41) is 9.43. The van der Waals surface area contributed by atoms with Gasteiger partial charge in [-0.1, -0.05) is 24.3 Å². The number of hydrogen-bond donors (Lipinski definition) is 2. The van der Waals surface area contributed by atoms with Crippen molar-refractivity contribution in [1.82, 2.24) is 14.9 Å². The van der Waals surface area contributed by atoms with Crippen molar-refractivity contribution in [1.29, 1.82) is 0 Å². The Balaban J connectivity index is 1.68. The van der Waals surface area contributed by atoms with Crippen molar-refractivity contribution in [2.45, 2.75) is 19.0 Å². The summed E-state index contributed by atoms with van der Waals surface area (Å²) in [6.07, 6.45) is 6.03. The van der Waals surface area contributed by atoms with Gasteiger partial charge in [-0.15, -0.1) is 0 Å². The summed E-state index contributed by atoms with van der Waals surface area (Å²) < 4.78 is 5.13. The first-order chi connectivity index (χ1) is 11.2. The fourth-order valence-corrected chi connectivity index (χ4v) is 2.76. The van der Waals surface area contributed by atoms with Crippen LogP contribution >= 0.6 is 0 Å². The number of carboxylic acid groups (broad SMARTS) is 1. The van der Waals surface area contributed by atoms with E-state index in [-0.39, 0.29) is 0 Å².